The first kappa shape index (κ1) is 16.3. The van der Waals surface area contributed by atoms with Crippen molar-refractivity contribution in [2.24, 2.45) is 5.41 Å². The van der Waals surface area contributed by atoms with Crippen LogP contribution in [0.15, 0.2) is 30.5 Å². The molecule has 0 aliphatic carbocycles. The molecule has 0 spiro atoms. The Kier molecular flexibility index (Phi) is 4.64. The number of aliphatic hydroxyl groups is 1. The molecule has 0 saturated carbocycles. The molecule has 0 bridgehead atoms. The zero-order valence-electron chi connectivity index (χ0n) is 13.5. The van der Waals surface area contributed by atoms with Crippen LogP contribution < -0.4 is 0 Å². The molecular formula is C18H23ClN2O2. The smallest absolute Gasteiger partial charge is 0.242 e. The van der Waals surface area contributed by atoms with E-state index in [-0.39, 0.29) is 17.9 Å². The van der Waals surface area contributed by atoms with Gasteiger partial charge in [0.2, 0.25) is 5.91 Å². The van der Waals surface area contributed by atoms with Crippen molar-refractivity contribution in [3.8, 4) is 0 Å². The molecule has 1 saturated heterocycles. The molecule has 0 radical (unpaired) electrons. The molecule has 1 amide bonds. The number of nitrogens with zero attached hydrogens (tertiary/aromatic N) is 2. The van der Waals surface area contributed by atoms with Crippen LogP contribution in [-0.2, 0) is 11.3 Å². The highest BCUT2D eigenvalue weighted by molar-refractivity contribution is 6.31. The van der Waals surface area contributed by atoms with E-state index >= 15 is 0 Å². The summed E-state index contributed by atoms with van der Waals surface area (Å²) in [5.41, 5.74) is 0.992. The number of carbonyl (C=O) groups excluding carboxylic acids is 1. The largest absolute Gasteiger partial charge is 0.396 e. The van der Waals surface area contributed by atoms with Crippen LogP contribution in [0.2, 0.25) is 5.02 Å². The molecule has 23 heavy (non-hydrogen) atoms. The highest BCUT2D eigenvalue weighted by atomic mass is 35.5. The predicted octanol–water partition coefficient (Wildman–Crippen LogP) is 3.31. The molecule has 1 fully saturated rings. The maximum Gasteiger partial charge on any atom is 0.242 e. The molecule has 1 aliphatic heterocycles. The molecule has 2 heterocycles. The summed E-state index contributed by atoms with van der Waals surface area (Å²) in [6.45, 7) is 4.12. The predicted molar refractivity (Wildman–Crippen MR) is 92.6 cm³/mol. The molecule has 1 aromatic heterocycles. The average molecular weight is 335 g/mol. The van der Waals surface area contributed by atoms with E-state index < -0.39 is 0 Å². The molecule has 1 aromatic carbocycles. The van der Waals surface area contributed by atoms with Crippen molar-refractivity contribution in [3.63, 3.8) is 0 Å². The fraction of sp³-hybridized carbons (Fsp3) is 0.500. The van der Waals surface area contributed by atoms with E-state index in [9.17, 15) is 9.90 Å². The molecule has 3 rings (SSSR count). The molecular weight excluding hydrogens is 312 g/mol. The number of aromatic nitrogens is 1. The maximum atomic E-state index is 12.6. The van der Waals surface area contributed by atoms with Crippen LogP contribution in [0, 0.1) is 5.41 Å². The fourth-order valence-corrected chi connectivity index (χ4v) is 3.56. The van der Waals surface area contributed by atoms with Gasteiger partial charge in [0.25, 0.3) is 0 Å². The van der Waals surface area contributed by atoms with Crippen molar-refractivity contribution in [2.75, 3.05) is 19.7 Å². The molecule has 0 atom stereocenters. The Morgan fingerprint density at radius 3 is 2.70 bits per heavy atom. The zero-order valence-corrected chi connectivity index (χ0v) is 14.2. The van der Waals surface area contributed by atoms with Gasteiger partial charge in [0.1, 0.15) is 6.54 Å². The highest BCUT2D eigenvalue weighted by Gasteiger charge is 2.33. The molecule has 124 valence electrons. The van der Waals surface area contributed by atoms with Crippen LogP contribution in [0.1, 0.15) is 26.2 Å². The molecule has 5 heteroatoms. The van der Waals surface area contributed by atoms with E-state index in [0.717, 1.165) is 43.3 Å². The van der Waals surface area contributed by atoms with Crippen molar-refractivity contribution in [1.82, 2.24) is 9.47 Å². The first-order valence-electron chi connectivity index (χ1n) is 8.20. The van der Waals surface area contributed by atoms with E-state index in [1.165, 1.54) is 0 Å². The molecule has 1 aliphatic rings. The van der Waals surface area contributed by atoms with Gasteiger partial charge in [-0.15, -0.1) is 0 Å². The van der Waals surface area contributed by atoms with Gasteiger partial charge >= 0.3 is 0 Å². The van der Waals surface area contributed by atoms with Gasteiger partial charge < -0.3 is 14.6 Å². The maximum absolute atomic E-state index is 12.6. The third-order valence-corrected chi connectivity index (χ3v) is 5.54. The highest BCUT2D eigenvalue weighted by Crippen LogP contribution is 2.34. The minimum atomic E-state index is 0.00442. The molecule has 2 aromatic rings. The second-order valence-electron chi connectivity index (χ2n) is 6.54. The quantitative estimate of drug-likeness (QED) is 0.932. The van der Waals surface area contributed by atoms with Crippen molar-refractivity contribution < 1.29 is 9.90 Å². The lowest BCUT2D eigenvalue weighted by atomic mass is 9.77. The SMILES string of the molecule is CCC1(CO)CCN(C(=O)Cn2ccc3ccc(Cl)cc32)CC1. The lowest BCUT2D eigenvalue weighted by Gasteiger charge is -2.40. The van der Waals surface area contributed by atoms with Crippen LogP contribution in [0.4, 0.5) is 0 Å². The van der Waals surface area contributed by atoms with Gasteiger partial charge in [-0.3, -0.25) is 4.79 Å². The summed E-state index contributed by atoms with van der Waals surface area (Å²) in [5.74, 6) is 0.130. The van der Waals surface area contributed by atoms with Crippen molar-refractivity contribution in [1.29, 1.82) is 0 Å². The van der Waals surface area contributed by atoms with Gasteiger partial charge in [-0.25, -0.2) is 0 Å². The van der Waals surface area contributed by atoms with E-state index in [2.05, 4.69) is 6.92 Å². The Balaban J connectivity index is 1.69. The Bertz CT molecular complexity index is 696. The standard InChI is InChI=1S/C18H23ClN2O2/c1-2-18(13-22)6-9-20(10-7-18)17(23)12-21-8-5-14-3-4-15(19)11-16(14)21/h3-5,8,11,22H,2,6-7,9-10,12-13H2,1H3. The van der Waals surface area contributed by atoms with Crippen molar-refractivity contribution in [2.45, 2.75) is 32.7 Å². The van der Waals surface area contributed by atoms with Gasteiger partial charge in [-0.2, -0.15) is 0 Å². The summed E-state index contributed by atoms with van der Waals surface area (Å²) < 4.78 is 1.96. The minimum absolute atomic E-state index is 0.00442. The fourth-order valence-electron chi connectivity index (χ4n) is 3.39. The first-order valence-corrected chi connectivity index (χ1v) is 8.58. The van der Waals surface area contributed by atoms with Gasteiger partial charge in [0, 0.05) is 36.4 Å². The number of likely N-dealkylation sites (tertiary alicyclic amines) is 1. The second kappa shape index (κ2) is 6.54. The van der Waals surface area contributed by atoms with Gasteiger partial charge in [0.15, 0.2) is 0 Å². The van der Waals surface area contributed by atoms with Crippen LogP contribution in [-0.4, -0.2) is 40.2 Å². The summed E-state index contributed by atoms with van der Waals surface area (Å²) in [4.78, 5) is 14.5. The number of halogens is 1. The first-order chi connectivity index (χ1) is 11.1. The summed E-state index contributed by atoms with van der Waals surface area (Å²) >= 11 is 6.06. The van der Waals surface area contributed by atoms with Gasteiger partial charge in [-0.05, 0) is 48.3 Å². The summed E-state index contributed by atoms with van der Waals surface area (Å²) in [5, 5.41) is 11.4. The van der Waals surface area contributed by atoms with Crippen LogP contribution in [0.5, 0.6) is 0 Å². The average Bonchev–Trinajstić information content (AvgIpc) is 2.97. The number of fused-ring (bicyclic) bond motifs is 1. The van der Waals surface area contributed by atoms with Crippen LogP contribution >= 0.6 is 11.6 Å². The normalized spacial score (nSPS) is 17.6. The Hall–Kier alpha value is -1.52. The number of aliphatic hydroxyl groups excluding tert-OH is 1. The Labute approximate surface area is 141 Å². The lowest BCUT2D eigenvalue weighted by molar-refractivity contribution is -0.134. The lowest BCUT2D eigenvalue weighted by Crippen LogP contribution is -2.45. The Morgan fingerprint density at radius 1 is 1.30 bits per heavy atom. The number of rotatable bonds is 4. The second-order valence-corrected chi connectivity index (χ2v) is 6.98. The number of benzene rings is 1. The monoisotopic (exact) mass is 334 g/mol. The molecule has 1 N–H and O–H groups in total. The zero-order chi connectivity index (χ0) is 16.4. The van der Waals surface area contributed by atoms with E-state index in [4.69, 9.17) is 11.6 Å². The third kappa shape index (κ3) is 3.24. The van der Waals surface area contributed by atoms with Gasteiger partial charge in [0.05, 0.1) is 0 Å². The third-order valence-electron chi connectivity index (χ3n) is 5.30. The molecule has 4 nitrogen and oxygen atoms in total. The van der Waals surface area contributed by atoms with Crippen molar-refractivity contribution in [3.05, 3.63) is 35.5 Å². The molecule has 0 unspecified atom stereocenters. The summed E-state index contributed by atoms with van der Waals surface area (Å²) in [6.07, 6.45) is 4.66. The number of hydrogen-bond donors (Lipinski definition) is 1. The van der Waals surface area contributed by atoms with E-state index in [0.29, 0.717) is 11.6 Å². The van der Waals surface area contributed by atoms with E-state index in [1.54, 1.807) is 0 Å². The number of hydrogen-bond acceptors (Lipinski definition) is 2. The minimum Gasteiger partial charge on any atom is -0.396 e. The van der Waals surface area contributed by atoms with Crippen LogP contribution in [0.3, 0.4) is 0 Å². The number of carbonyl (C=O) groups is 1. The van der Waals surface area contributed by atoms with Gasteiger partial charge in [-0.1, -0.05) is 24.6 Å². The summed E-state index contributed by atoms with van der Waals surface area (Å²) in [7, 11) is 0. The van der Waals surface area contributed by atoms with Crippen LogP contribution in [0.25, 0.3) is 10.9 Å². The van der Waals surface area contributed by atoms with Crippen molar-refractivity contribution >= 4 is 28.4 Å². The topological polar surface area (TPSA) is 45.5 Å². The van der Waals surface area contributed by atoms with E-state index in [1.807, 2.05) is 39.9 Å². The number of piperidine rings is 1. The summed E-state index contributed by atoms with van der Waals surface area (Å²) in [6, 6.07) is 7.73. The Morgan fingerprint density at radius 2 is 2.04 bits per heavy atom. The number of amides is 1.